The minimum absolute atomic E-state index is 0.904. The Morgan fingerprint density at radius 1 is 0.444 bits per heavy atom. The molecule has 1 fully saturated rings. The third-order valence-electron chi connectivity index (χ3n) is 5.40. The molecule has 0 aliphatic carbocycles. The molecule has 1 rings (SSSR count). The summed E-state index contributed by atoms with van der Waals surface area (Å²) in [6, 6.07) is 4.40. The summed E-state index contributed by atoms with van der Waals surface area (Å²) >= 11 is 0. The van der Waals surface area contributed by atoms with Crippen molar-refractivity contribution in [3.8, 4) is 0 Å². The number of rotatable bonds is 12. The van der Waals surface area contributed by atoms with Crippen LogP contribution in [0.2, 0.25) is 77.1 Å². The molecule has 3 nitrogen and oxygen atoms in total. The van der Waals surface area contributed by atoms with Crippen molar-refractivity contribution in [1.82, 2.24) is 14.7 Å². The van der Waals surface area contributed by atoms with Crippen molar-refractivity contribution in [2.24, 2.45) is 0 Å². The van der Waals surface area contributed by atoms with E-state index in [1.807, 2.05) is 0 Å². The highest BCUT2D eigenvalue weighted by atomic mass is 28.3. The molecule has 1 saturated heterocycles. The lowest BCUT2D eigenvalue weighted by Gasteiger charge is -2.43. The highest BCUT2D eigenvalue weighted by Crippen LogP contribution is 2.18. The highest BCUT2D eigenvalue weighted by Gasteiger charge is 2.24. The van der Waals surface area contributed by atoms with Crippen LogP contribution in [0, 0.1) is 0 Å². The maximum absolute atomic E-state index is 2.73. The summed E-state index contributed by atoms with van der Waals surface area (Å²) in [5.74, 6) is 0. The van der Waals surface area contributed by atoms with E-state index in [4.69, 9.17) is 0 Å². The largest absolute Gasteiger partial charge is 0.277 e. The molecule has 162 valence electrons. The topological polar surface area (TPSA) is 9.72 Å². The highest BCUT2D eigenvalue weighted by molar-refractivity contribution is 6.76. The van der Waals surface area contributed by atoms with E-state index in [-0.39, 0.29) is 0 Å². The zero-order valence-corrected chi connectivity index (χ0v) is 23.3. The molecule has 0 N–H and O–H groups in total. The minimum atomic E-state index is -0.904. The molecule has 1 heterocycles. The lowest BCUT2D eigenvalue weighted by atomic mass is 10.3. The van der Waals surface area contributed by atoms with Crippen LogP contribution in [0.25, 0.3) is 0 Å². The second-order valence-corrected chi connectivity index (χ2v) is 29.5. The Hall–Kier alpha value is 0.531. The molecule has 27 heavy (non-hydrogen) atoms. The van der Waals surface area contributed by atoms with E-state index in [9.17, 15) is 0 Å². The molecular weight excluding hydrogens is 379 g/mol. The Labute approximate surface area is 174 Å². The maximum atomic E-state index is 2.73. The molecule has 0 amide bonds. The summed E-state index contributed by atoms with van der Waals surface area (Å²) < 4.78 is 0. The van der Waals surface area contributed by atoms with Gasteiger partial charge in [-0.25, -0.2) is 0 Å². The fourth-order valence-corrected chi connectivity index (χ4v) is 7.56. The van der Waals surface area contributed by atoms with E-state index < -0.39 is 24.2 Å². The molecule has 6 heteroatoms. The summed E-state index contributed by atoms with van der Waals surface area (Å²) in [5, 5.41) is 0. The van der Waals surface area contributed by atoms with Crippen LogP contribution in [0.4, 0.5) is 0 Å². The number of nitrogens with zero attached hydrogens (tertiary/aromatic N) is 3. The van der Waals surface area contributed by atoms with Gasteiger partial charge in [0.2, 0.25) is 0 Å². The molecule has 1 aliphatic heterocycles. The summed E-state index contributed by atoms with van der Waals surface area (Å²) in [7, 11) is -2.71. The van der Waals surface area contributed by atoms with Gasteiger partial charge in [0.25, 0.3) is 0 Å². The first-order chi connectivity index (χ1) is 12.2. The molecule has 0 atom stereocenters. The Kier molecular flexibility index (Phi) is 10.5. The summed E-state index contributed by atoms with van der Waals surface area (Å²) in [5.41, 5.74) is 0. The lowest BCUT2D eigenvalue weighted by Crippen LogP contribution is -2.55. The molecule has 0 saturated carbocycles. The molecule has 0 radical (unpaired) electrons. The van der Waals surface area contributed by atoms with Crippen LogP contribution >= 0.6 is 0 Å². The van der Waals surface area contributed by atoms with E-state index in [1.54, 1.807) is 0 Å². The van der Waals surface area contributed by atoms with E-state index in [0.717, 1.165) is 0 Å². The van der Waals surface area contributed by atoms with Crippen molar-refractivity contribution >= 4 is 24.2 Å². The second-order valence-electron chi connectivity index (χ2n) is 12.6. The Morgan fingerprint density at radius 2 is 0.667 bits per heavy atom. The van der Waals surface area contributed by atoms with Crippen LogP contribution < -0.4 is 0 Å². The summed E-state index contributed by atoms with van der Waals surface area (Å²) in [4.78, 5) is 8.19. The Morgan fingerprint density at radius 3 is 0.852 bits per heavy atom. The zero-order chi connectivity index (χ0) is 20.7. The first kappa shape index (κ1) is 25.6. The molecule has 0 aromatic heterocycles. The monoisotopic (exact) mass is 429 g/mol. The van der Waals surface area contributed by atoms with E-state index in [1.165, 1.54) is 77.0 Å². The smallest absolute Gasteiger partial charge is 0.0529 e. The van der Waals surface area contributed by atoms with Crippen molar-refractivity contribution in [2.75, 3.05) is 39.6 Å². The molecule has 0 aromatic rings. The fourth-order valence-electron chi connectivity index (χ4n) is 3.91. The van der Waals surface area contributed by atoms with E-state index in [2.05, 4.69) is 73.6 Å². The average molecular weight is 430 g/mol. The summed E-state index contributed by atoms with van der Waals surface area (Å²) in [6.45, 7) is 30.0. The Balaban J connectivity index is 2.51. The lowest BCUT2D eigenvalue weighted by molar-refractivity contribution is -0.0289. The molecule has 1 aliphatic rings. The number of hydrogen-bond donors (Lipinski definition) is 0. The normalized spacial score (nSPS) is 19.0. The van der Waals surface area contributed by atoms with Gasteiger partial charge in [0.1, 0.15) is 0 Å². The van der Waals surface area contributed by atoms with Gasteiger partial charge in [-0.3, -0.25) is 14.7 Å². The third kappa shape index (κ3) is 14.2. The van der Waals surface area contributed by atoms with E-state index in [0.29, 0.717) is 0 Å². The van der Waals surface area contributed by atoms with Gasteiger partial charge >= 0.3 is 0 Å². The predicted octanol–water partition coefficient (Wildman–Crippen LogP) is 5.96. The van der Waals surface area contributed by atoms with Crippen LogP contribution in [0.5, 0.6) is 0 Å². The van der Waals surface area contributed by atoms with Gasteiger partial charge in [0.05, 0.1) is 20.0 Å². The van der Waals surface area contributed by atoms with Crippen molar-refractivity contribution in [2.45, 2.75) is 96.3 Å². The van der Waals surface area contributed by atoms with Crippen molar-refractivity contribution in [3.05, 3.63) is 0 Å². The van der Waals surface area contributed by atoms with Crippen molar-refractivity contribution in [3.63, 3.8) is 0 Å². The van der Waals surface area contributed by atoms with Crippen LogP contribution in [-0.4, -0.2) is 78.6 Å². The molecule has 0 aromatic carbocycles. The van der Waals surface area contributed by atoms with Crippen LogP contribution in [0.15, 0.2) is 0 Å². The van der Waals surface area contributed by atoms with Crippen LogP contribution in [-0.2, 0) is 0 Å². The minimum Gasteiger partial charge on any atom is -0.277 e. The summed E-state index contributed by atoms with van der Waals surface area (Å²) in [6.07, 6.45) is 4.17. The van der Waals surface area contributed by atoms with Gasteiger partial charge in [0.15, 0.2) is 0 Å². The predicted molar refractivity (Wildman–Crippen MR) is 133 cm³/mol. The van der Waals surface area contributed by atoms with Gasteiger partial charge in [-0.15, -0.1) is 0 Å². The molecule has 0 spiro atoms. The second kappa shape index (κ2) is 11.1. The van der Waals surface area contributed by atoms with Gasteiger partial charge < -0.3 is 0 Å². The first-order valence-electron chi connectivity index (χ1n) is 11.4. The standard InChI is InChI=1S/C21H51N3Si3/c1-25(2,3)16-10-13-22-19-23(14-11-17-26(4,5)6)21-24(20-22)15-12-18-27(7,8)9/h10-21H2,1-9H3. The van der Waals surface area contributed by atoms with Gasteiger partial charge in [-0.2, -0.15) is 0 Å². The molecular formula is C21H51N3Si3. The quantitative estimate of drug-likeness (QED) is 0.354. The van der Waals surface area contributed by atoms with Crippen molar-refractivity contribution < 1.29 is 0 Å². The van der Waals surface area contributed by atoms with Crippen LogP contribution in [0.1, 0.15) is 19.3 Å². The van der Waals surface area contributed by atoms with E-state index >= 15 is 0 Å². The maximum Gasteiger partial charge on any atom is 0.0529 e. The number of hydrogen-bond acceptors (Lipinski definition) is 3. The van der Waals surface area contributed by atoms with Crippen LogP contribution in [0.3, 0.4) is 0 Å². The van der Waals surface area contributed by atoms with Gasteiger partial charge in [-0.1, -0.05) is 77.1 Å². The third-order valence-corrected chi connectivity index (χ3v) is 11.0. The van der Waals surface area contributed by atoms with Crippen molar-refractivity contribution in [1.29, 1.82) is 0 Å². The molecule has 0 bridgehead atoms. The first-order valence-corrected chi connectivity index (χ1v) is 22.5. The molecule has 0 unspecified atom stereocenters. The zero-order valence-electron chi connectivity index (χ0n) is 20.3. The van der Waals surface area contributed by atoms with Gasteiger partial charge in [-0.05, 0) is 19.3 Å². The van der Waals surface area contributed by atoms with Gasteiger partial charge in [0, 0.05) is 43.9 Å². The SMILES string of the molecule is C[Si](C)(C)CCCN1CN(CCC[Si](C)(C)C)CN(CCC[Si](C)(C)C)C1. The fraction of sp³-hybridized carbons (Fsp3) is 1.00. The Bertz CT molecular complexity index is 343. The average Bonchev–Trinajstić information content (AvgIpc) is 2.43.